The van der Waals surface area contributed by atoms with E-state index in [0.717, 1.165) is 28.6 Å². The molecular weight excluding hydrogens is 326 g/mol. The molecule has 0 saturated heterocycles. The van der Waals surface area contributed by atoms with E-state index in [0.29, 0.717) is 5.56 Å². The van der Waals surface area contributed by atoms with Crippen LogP contribution < -0.4 is 5.32 Å². The summed E-state index contributed by atoms with van der Waals surface area (Å²) >= 11 is 3.40. The number of carbonyl (C=O) groups excluding carboxylic acids is 1. The third kappa shape index (κ3) is 3.24. The number of carbonyl (C=O) groups is 1. The minimum absolute atomic E-state index is 0.0812. The molecule has 3 rings (SSSR count). The van der Waals surface area contributed by atoms with Gasteiger partial charge in [-0.05, 0) is 49.1 Å². The number of amides is 1. The van der Waals surface area contributed by atoms with Gasteiger partial charge in [0.15, 0.2) is 0 Å². The van der Waals surface area contributed by atoms with Crippen LogP contribution in [0.5, 0.6) is 0 Å². The minimum atomic E-state index is -0.0812. The van der Waals surface area contributed by atoms with E-state index in [1.54, 1.807) is 0 Å². The molecule has 0 aromatic heterocycles. The number of rotatable bonds is 3. The van der Waals surface area contributed by atoms with Gasteiger partial charge >= 0.3 is 0 Å². The van der Waals surface area contributed by atoms with Crippen LogP contribution in [0.3, 0.4) is 0 Å². The van der Waals surface area contributed by atoms with Crippen LogP contribution in [-0.4, -0.2) is 5.91 Å². The van der Waals surface area contributed by atoms with E-state index in [-0.39, 0.29) is 5.91 Å². The maximum Gasteiger partial charge on any atom is 0.255 e. The maximum absolute atomic E-state index is 12.4. The predicted molar refractivity (Wildman–Crippen MR) is 90.4 cm³/mol. The van der Waals surface area contributed by atoms with Gasteiger partial charge in [0.05, 0.1) is 0 Å². The van der Waals surface area contributed by atoms with Crippen molar-refractivity contribution < 1.29 is 4.79 Å². The first-order chi connectivity index (χ1) is 10.2. The van der Waals surface area contributed by atoms with Gasteiger partial charge in [0, 0.05) is 21.3 Å². The number of para-hydroxylation sites is 1. The van der Waals surface area contributed by atoms with Gasteiger partial charge in [0.1, 0.15) is 0 Å². The molecule has 106 valence electrons. The highest BCUT2D eigenvalue weighted by Gasteiger charge is 2.13. The van der Waals surface area contributed by atoms with Gasteiger partial charge in [-0.3, -0.25) is 4.79 Å². The summed E-state index contributed by atoms with van der Waals surface area (Å²) in [5.74, 6) is -0.0812. The quantitative estimate of drug-likeness (QED) is 0.809. The van der Waals surface area contributed by atoms with E-state index in [9.17, 15) is 4.79 Å². The summed E-state index contributed by atoms with van der Waals surface area (Å²) in [6.07, 6.45) is 5.68. The van der Waals surface area contributed by atoms with Crippen molar-refractivity contribution in [3.8, 4) is 0 Å². The molecule has 0 spiro atoms. The average molecular weight is 342 g/mol. The summed E-state index contributed by atoms with van der Waals surface area (Å²) in [6, 6.07) is 15.4. The normalized spacial score (nSPS) is 13.9. The van der Waals surface area contributed by atoms with Gasteiger partial charge in [-0.2, -0.15) is 0 Å². The average Bonchev–Trinajstić information content (AvgIpc) is 3.02. The molecule has 0 heterocycles. The first kappa shape index (κ1) is 14.1. The second kappa shape index (κ2) is 6.27. The molecule has 0 atom stereocenters. The molecule has 3 heteroatoms. The van der Waals surface area contributed by atoms with Crippen molar-refractivity contribution in [1.29, 1.82) is 0 Å². The number of anilines is 1. The lowest BCUT2D eigenvalue weighted by molar-refractivity contribution is 0.102. The molecule has 0 fully saturated rings. The molecule has 2 aromatic carbocycles. The van der Waals surface area contributed by atoms with E-state index in [1.807, 2.05) is 42.5 Å². The van der Waals surface area contributed by atoms with Crippen molar-refractivity contribution in [2.45, 2.75) is 19.3 Å². The fraction of sp³-hybridized carbons (Fsp3) is 0.167. The smallest absolute Gasteiger partial charge is 0.255 e. The molecule has 0 unspecified atom stereocenters. The van der Waals surface area contributed by atoms with Crippen LogP contribution in [0.25, 0.3) is 5.57 Å². The van der Waals surface area contributed by atoms with Gasteiger partial charge in [0.25, 0.3) is 5.91 Å². The largest absolute Gasteiger partial charge is 0.321 e. The molecule has 2 nitrogen and oxygen atoms in total. The van der Waals surface area contributed by atoms with Crippen LogP contribution in [0.2, 0.25) is 0 Å². The standard InChI is InChI=1S/C18H16BrNO/c19-15-9-5-8-14(12-15)18(21)20-17-11-4-3-10-16(17)13-6-1-2-7-13/h3-6,8-12H,1-2,7H2,(H,20,21). The highest BCUT2D eigenvalue weighted by molar-refractivity contribution is 9.10. The number of benzene rings is 2. The van der Waals surface area contributed by atoms with Crippen LogP contribution in [0, 0.1) is 0 Å². The molecule has 0 aliphatic heterocycles. The first-order valence-electron chi connectivity index (χ1n) is 7.09. The molecule has 1 aliphatic rings. The Morgan fingerprint density at radius 3 is 2.71 bits per heavy atom. The summed E-state index contributed by atoms with van der Waals surface area (Å²) in [7, 11) is 0. The summed E-state index contributed by atoms with van der Waals surface area (Å²) in [5.41, 5.74) is 4.01. The minimum Gasteiger partial charge on any atom is -0.321 e. The second-order valence-electron chi connectivity index (χ2n) is 5.13. The van der Waals surface area contributed by atoms with E-state index in [4.69, 9.17) is 0 Å². The summed E-state index contributed by atoms with van der Waals surface area (Å²) in [6.45, 7) is 0. The van der Waals surface area contributed by atoms with Crippen LogP contribution in [-0.2, 0) is 0 Å². The molecule has 1 amide bonds. The van der Waals surface area contributed by atoms with Gasteiger partial charge in [-0.15, -0.1) is 0 Å². The van der Waals surface area contributed by atoms with Crippen molar-refractivity contribution in [2.24, 2.45) is 0 Å². The molecular formula is C18H16BrNO. The molecule has 0 bridgehead atoms. The van der Waals surface area contributed by atoms with Crippen LogP contribution in [0.1, 0.15) is 35.2 Å². The Labute approximate surface area is 133 Å². The fourth-order valence-corrected chi connectivity index (χ4v) is 3.01. The van der Waals surface area contributed by atoms with Crippen LogP contribution >= 0.6 is 15.9 Å². The lowest BCUT2D eigenvalue weighted by atomic mass is 10.0. The zero-order valence-corrected chi connectivity index (χ0v) is 13.2. The van der Waals surface area contributed by atoms with Gasteiger partial charge in [-0.1, -0.05) is 46.3 Å². The lowest BCUT2D eigenvalue weighted by Gasteiger charge is -2.12. The van der Waals surface area contributed by atoms with E-state index < -0.39 is 0 Å². The van der Waals surface area contributed by atoms with Crippen LogP contribution in [0.15, 0.2) is 59.1 Å². The Balaban J connectivity index is 1.86. The van der Waals surface area contributed by atoms with Crippen molar-refractivity contribution >= 4 is 33.1 Å². The number of halogens is 1. The molecule has 2 aromatic rings. The fourth-order valence-electron chi connectivity index (χ4n) is 2.61. The Hall–Kier alpha value is -1.87. The molecule has 0 saturated carbocycles. The third-order valence-electron chi connectivity index (χ3n) is 3.65. The maximum atomic E-state index is 12.4. The van der Waals surface area contributed by atoms with E-state index >= 15 is 0 Å². The Bertz CT molecular complexity index is 706. The monoisotopic (exact) mass is 341 g/mol. The SMILES string of the molecule is O=C(Nc1ccccc1C1=CCCC1)c1cccc(Br)c1. The molecule has 1 N–H and O–H groups in total. The second-order valence-corrected chi connectivity index (χ2v) is 6.05. The molecule has 1 aliphatic carbocycles. The number of allylic oxidation sites excluding steroid dienone is 2. The van der Waals surface area contributed by atoms with Crippen molar-refractivity contribution in [3.63, 3.8) is 0 Å². The highest BCUT2D eigenvalue weighted by atomic mass is 79.9. The Morgan fingerprint density at radius 2 is 1.95 bits per heavy atom. The zero-order valence-electron chi connectivity index (χ0n) is 11.6. The van der Waals surface area contributed by atoms with Crippen molar-refractivity contribution in [3.05, 3.63) is 70.2 Å². The summed E-state index contributed by atoms with van der Waals surface area (Å²) < 4.78 is 0.905. The first-order valence-corrected chi connectivity index (χ1v) is 7.89. The van der Waals surface area contributed by atoms with Gasteiger partial charge in [0.2, 0.25) is 0 Å². The highest BCUT2D eigenvalue weighted by Crippen LogP contribution is 2.32. The Kier molecular flexibility index (Phi) is 4.20. The third-order valence-corrected chi connectivity index (χ3v) is 4.14. The summed E-state index contributed by atoms with van der Waals surface area (Å²) in [5, 5.41) is 3.03. The molecule has 0 radical (unpaired) electrons. The van der Waals surface area contributed by atoms with Crippen LogP contribution in [0.4, 0.5) is 5.69 Å². The zero-order chi connectivity index (χ0) is 14.7. The van der Waals surface area contributed by atoms with Gasteiger partial charge in [-0.25, -0.2) is 0 Å². The topological polar surface area (TPSA) is 29.1 Å². The Morgan fingerprint density at radius 1 is 1.10 bits per heavy atom. The number of hydrogen-bond acceptors (Lipinski definition) is 1. The lowest BCUT2D eigenvalue weighted by Crippen LogP contribution is -2.13. The van der Waals surface area contributed by atoms with Crippen molar-refractivity contribution in [2.75, 3.05) is 5.32 Å². The number of nitrogens with one attached hydrogen (secondary N) is 1. The number of hydrogen-bond donors (Lipinski definition) is 1. The molecule has 21 heavy (non-hydrogen) atoms. The van der Waals surface area contributed by atoms with Crippen molar-refractivity contribution in [1.82, 2.24) is 0 Å². The van der Waals surface area contributed by atoms with E-state index in [2.05, 4.69) is 33.4 Å². The predicted octanol–water partition coefficient (Wildman–Crippen LogP) is 5.27. The van der Waals surface area contributed by atoms with Gasteiger partial charge < -0.3 is 5.32 Å². The van der Waals surface area contributed by atoms with E-state index in [1.165, 1.54) is 12.0 Å². The summed E-state index contributed by atoms with van der Waals surface area (Å²) in [4.78, 5) is 12.4.